The van der Waals surface area contributed by atoms with Crippen LogP contribution in [-0.4, -0.2) is 35.3 Å². The zero-order chi connectivity index (χ0) is 16.0. The molecule has 0 aliphatic heterocycles. The fraction of sp³-hybridized carbons (Fsp3) is 0.500. The first kappa shape index (κ1) is 20.3. The zero-order valence-corrected chi connectivity index (χ0v) is 15.2. The fourth-order valence-corrected chi connectivity index (χ4v) is 3.56. The van der Waals surface area contributed by atoms with E-state index in [0.29, 0.717) is 17.1 Å². The van der Waals surface area contributed by atoms with E-state index in [1.807, 2.05) is 0 Å². The van der Waals surface area contributed by atoms with Crippen molar-refractivity contribution < 1.29 is 9.59 Å². The van der Waals surface area contributed by atoms with Gasteiger partial charge in [-0.25, -0.2) is 0 Å². The number of Topliss-reactive ketones (excluding diaryl/α,β-unsaturated/α-hetero) is 1. The molecule has 1 fully saturated rings. The van der Waals surface area contributed by atoms with Crippen molar-refractivity contribution in [3.63, 3.8) is 0 Å². The molecule has 7 heteroatoms. The Balaban J connectivity index is 0.00000264. The molecule has 1 aromatic carbocycles. The average molecular weight is 377 g/mol. The molecule has 0 spiro atoms. The van der Waals surface area contributed by atoms with Crippen molar-refractivity contribution in [3.8, 4) is 0 Å². The highest BCUT2D eigenvalue weighted by atomic mass is 35.5. The summed E-state index contributed by atoms with van der Waals surface area (Å²) in [5.41, 5.74) is 6.19. The Morgan fingerprint density at radius 1 is 1.17 bits per heavy atom. The Morgan fingerprint density at radius 3 is 2.35 bits per heavy atom. The lowest BCUT2D eigenvalue weighted by Crippen LogP contribution is -2.52. The summed E-state index contributed by atoms with van der Waals surface area (Å²) >= 11 is 7.12. The molecule has 3 N–H and O–H groups in total. The summed E-state index contributed by atoms with van der Waals surface area (Å²) in [7, 11) is 0. The second kappa shape index (κ2) is 9.52. The van der Waals surface area contributed by atoms with Crippen LogP contribution >= 0.6 is 35.8 Å². The number of rotatable bonds is 7. The average Bonchev–Trinajstić information content (AvgIpc) is 2.97. The summed E-state index contributed by atoms with van der Waals surface area (Å²) in [4.78, 5) is 24.0. The molecule has 1 amide bonds. The third kappa shape index (κ3) is 5.99. The van der Waals surface area contributed by atoms with E-state index in [1.165, 1.54) is 11.8 Å². The number of carbonyl (C=O) groups excluding carboxylic acids is 2. The van der Waals surface area contributed by atoms with Gasteiger partial charge in [0.25, 0.3) is 0 Å². The van der Waals surface area contributed by atoms with E-state index >= 15 is 0 Å². The molecule has 0 unspecified atom stereocenters. The highest BCUT2D eigenvalue weighted by Gasteiger charge is 2.33. The maximum atomic E-state index is 12.0. The summed E-state index contributed by atoms with van der Waals surface area (Å²) < 4.78 is 0. The third-order valence-electron chi connectivity index (χ3n) is 3.99. The van der Waals surface area contributed by atoms with Crippen molar-refractivity contribution in [2.75, 3.05) is 18.1 Å². The van der Waals surface area contributed by atoms with Crippen molar-refractivity contribution in [1.82, 2.24) is 5.32 Å². The van der Waals surface area contributed by atoms with Crippen LogP contribution < -0.4 is 11.1 Å². The summed E-state index contributed by atoms with van der Waals surface area (Å²) in [5.74, 6) is 0.524. The molecule has 0 bridgehead atoms. The molecule has 2 rings (SSSR count). The maximum absolute atomic E-state index is 12.0. The molecule has 1 aromatic rings. The second-order valence-corrected chi connectivity index (χ2v) is 7.08. The molecule has 23 heavy (non-hydrogen) atoms. The number of thioether (sulfide) groups is 1. The lowest BCUT2D eigenvalue weighted by Gasteiger charge is -2.28. The number of nitrogens with one attached hydrogen (secondary N) is 1. The standard InChI is InChI=1S/C16H21ClN2O2S.ClH/c17-13-5-3-12(4-6-13)14(20)9-22-10-15(21)19-16(11-18)7-1-2-8-16;/h3-6H,1-2,7-11,18H2,(H,19,21);1H. The molecule has 0 aromatic heterocycles. The first-order valence-electron chi connectivity index (χ1n) is 7.42. The number of hydrogen-bond acceptors (Lipinski definition) is 4. The van der Waals surface area contributed by atoms with Gasteiger partial charge < -0.3 is 11.1 Å². The van der Waals surface area contributed by atoms with Gasteiger partial charge in [0.1, 0.15) is 0 Å². The molecule has 0 radical (unpaired) electrons. The Hall–Kier alpha value is -0.750. The van der Waals surface area contributed by atoms with E-state index in [2.05, 4.69) is 5.32 Å². The molecule has 0 heterocycles. The largest absolute Gasteiger partial charge is 0.349 e. The third-order valence-corrected chi connectivity index (χ3v) is 5.17. The molecular weight excluding hydrogens is 355 g/mol. The van der Waals surface area contributed by atoms with Crippen LogP contribution in [0.2, 0.25) is 5.02 Å². The number of amides is 1. The summed E-state index contributed by atoms with van der Waals surface area (Å²) in [5, 5.41) is 3.65. The smallest absolute Gasteiger partial charge is 0.230 e. The molecule has 1 aliphatic carbocycles. The van der Waals surface area contributed by atoms with Gasteiger partial charge in [0, 0.05) is 17.1 Å². The van der Waals surface area contributed by atoms with Crippen LogP contribution in [0.5, 0.6) is 0 Å². The van der Waals surface area contributed by atoms with Crippen LogP contribution in [0, 0.1) is 0 Å². The van der Waals surface area contributed by atoms with Crippen molar-refractivity contribution >= 4 is 47.5 Å². The molecule has 0 saturated heterocycles. The SMILES string of the molecule is Cl.NCC1(NC(=O)CSCC(=O)c2ccc(Cl)cc2)CCCC1. The zero-order valence-electron chi connectivity index (χ0n) is 12.8. The van der Waals surface area contributed by atoms with Crippen LogP contribution in [0.15, 0.2) is 24.3 Å². The van der Waals surface area contributed by atoms with Crippen molar-refractivity contribution in [2.24, 2.45) is 5.73 Å². The highest BCUT2D eigenvalue weighted by molar-refractivity contribution is 8.00. The van der Waals surface area contributed by atoms with E-state index in [1.54, 1.807) is 24.3 Å². The molecule has 4 nitrogen and oxygen atoms in total. The second-order valence-electron chi connectivity index (χ2n) is 5.66. The normalized spacial score (nSPS) is 15.7. The van der Waals surface area contributed by atoms with E-state index in [-0.39, 0.29) is 41.1 Å². The maximum Gasteiger partial charge on any atom is 0.230 e. The Labute approximate surface area is 152 Å². The minimum Gasteiger partial charge on any atom is -0.349 e. The van der Waals surface area contributed by atoms with Crippen LogP contribution in [0.25, 0.3) is 0 Å². The lowest BCUT2D eigenvalue weighted by molar-refractivity contribution is -0.120. The van der Waals surface area contributed by atoms with Crippen LogP contribution in [0.1, 0.15) is 36.0 Å². The summed E-state index contributed by atoms with van der Waals surface area (Å²) in [6.45, 7) is 0.479. The van der Waals surface area contributed by atoms with Gasteiger partial charge in [-0.05, 0) is 37.1 Å². The van der Waals surface area contributed by atoms with Crippen molar-refractivity contribution in [1.29, 1.82) is 0 Å². The number of benzene rings is 1. The minimum absolute atomic E-state index is 0. The molecule has 1 saturated carbocycles. The monoisotopic (exact) mass is 376 g/mol. The van der Waals surface area contributed by atoms with E-state index in [4.69, 9.17) is 17.3 Å². The van der Waals surface area contributed by atoms with Gasteiger partial charge in [0.15, 0.2) is 5.78 Å². The topological polar surface area (TPSA) is 72.2 Å². The quantitative estimate of drug-likeness (QED) is 0.717. The van der Waals surface area contributed by atoms with E-state index < -0.39 is 0 Å². The molecular formula is C16H22Cl2N2O2S. The van der Waals surface area contributed by atoms with Gasteiger partial charge in [0.05, 0.1) is 17.0 Å². The number of nitrogens with two attached hydrogens (primary N) is 1. The van der Waals surface area contributed by atoms with Gasteiger partial charge in [-0.2, -0.15) is 0 Å². The van der Waals surface area contributed by atoms with Crippen LogP contribution in [-0.2, 0) is 4.79 Å². The Bertz CT molecular complexity index is 531. The van der Waals surface area contributed by atoms with Gasteiger partial charge in [0.2, 0.25) is 5.91 Å². The van der Waals surface area contributed by atoms with Crippen LogP contribution in [0.3, 0.4) is 0 Å². The number of halogens is 2. The molecule has 128 valence electrons. The summed E-state index contributed by atoms with van der Waals surface area (Å²) in [6.07, 6.45) is 4.12. The first-order chi connectivity index (χ1) is 10.5. The summed E-state index contributed by atoms with van der Waals surface area (Å²) in [6, 6.07) is 6.79. The van der Waals surface area contributed by atoms with Crippen molar-refractivity contribution in [2.45, 2.75) is 31.2 Å². The Morgan fingerprint density at radius 2 is 1.78 bits per heavy atom. The Kier molecular flexibility index (Phi) is 8.40. The molecule has 1 aliphatic rings. The van der Waals surface area contributed by atoms with Gasteiger partial charge >= 0.3 is 0 Å². The van der Waals surface area contributed by atoms with E-state index in [9.17, 15) is 9.59 Å². The first-order valence-corrected chi connectivity index (χ1v) is 8.95. The van der Waals surface area contributed by atoms with E-state index in [0.717, 1.165) is 25.7 Å². The minimum atomic E-state index is -0.224. The number of carbonyl (C=O) groups is 2. The van der Waals surface area contributed by atoms with Gasteiger partial charge in [-0.15, -0.1) is 24.2 Å². The lowest BCUT2D eigenvalue weighted by atomic mass is 9.98. The highest BCUT2D eigenvalue weighted by Crippen LogP contribution is 2.28. The number of ketones is 1. The number of hydrogen-bond donors (Lipinski definition) is 2. The van der Waals surface area contributed by atoms with Gasteiger partial charge in [-0.3, -0.25) is 9.59 Å². The predicted molar refractivity (Wildman–Crippen MR) is 98.8 cm³/mol. The van der Waals surface area contributed by atoms with Gasteiger partial charge in [-0.1, -0.05) is 24.4 Å². The predicted octanol–water partition coefficient (Wildman–Crippen LogP) is 3.07. The van der Waals surface area contributed by atoms with Crippen molar-refractivity contribution in [3.05, 3.63) is 34.9 Å². The molecule has 0 atom stereocenters. The fourth-order valence-electron chi connectivity index (χ4n) is 2.72. The van der Waals surface area contributed by atoms with Crippen LogP contribution in [0.4, 0.5) is 0 Å².